The highest BCUT2D eigenvalue weighted by molar-refractivity contribution is 8.76. The summed E-state index contributed by atoms with van der Waals surface area (Å²) in [7, 11) is 3.20. The van der Waals surface area contributed by atoms with Gasteiger partial charge in [-0.1, -0.05) is 64.1 Å². The fraction of sp³-hybridized carbons (Fsp3) is 0.318. The zero-order chi connectivity index (χ0) is 20.7. The molecule has 1 amide bonds. The summed E-state index contributed by atoms with van der Waals surface area (Å²) in [6, 6.07) is 17.1. The number of ether oxygens (including phenoxy) is 1. The minimum absolute atomic E-state index is 0.0364. The molecule has 0 saturated carbocycles. The molecule has 5 nitrogen and oxygen atoms in total. The Bertz CT molecular complexity index is 766. The van der Waals surface area contributed by atoms with Crippen LogP contribution >= 0.6 is 21.6 Å². The van der Waals surface area contributed by atoms with Crippen molar-refractivity contribution in [1.29, 1.82) is 0 Å². The molecule has 1 N–H and O–H groups in total. The number of amides is 1. The normalized spacial score (nSPS) is 10.3. The smallest absolute Gasteiger partial charge is 0.306 e. The number of hydrogen-bond donors (Lipinski definition) is 1. The molecule has 0 fully saturated rings. The van der Waals surface area contributed by atoms with Gasteiger partial charge in [-0.05, 0) is 29.7 Å². The fourth-order valence-electron chi connectivity index (χ4n) is 2.38. The molecule has 0 unspecified atom stereocenters. The lowest BCUT2D eigenvalue weighted by Crippen LogP contribution is -2.12. The first-order chi connectivity index (χ1) is 14.2. The molecule has 2 aromatic rings. The van der Waals surface area contributed by atoms with E-state index < -0.39 is 0 Å². The van der Waals surface area contributed by atoms with E-state index in [0.717, 1.165) is 28.9 Å². The zero-order valence-corrected chi connectivity index (χ0v) is 17.8. The minimum Gasteiger partial charge on any atom is -0.461 e. The SMILES string of the molecule is O=CCCSSCCC(=O)Nc1ccc(CCC(=O)OCc2ccccc2)cc1. The molecule has 0 radical (unpaired) electrons. The van der Waals surface area contributed by atoms with Crippen molar-refractivity contribution in [3.05, 3.63) is 65.7 Å². The first-order valence-corrected chi connectivity index (χ1v) is 11.9. The van der Waals surface area contributed by atoms with Crippen LogP contribution in [0.4, 0.5) is 5.69 Å². The monoisotopic (exact) mass is 431 g/mol. The third-order valence-corrected chi connectivity index (χ3v) is 6.35. The molecule has 2 aromatic carbocycles. The van der Waals surface area contributed by atoms with Crippen LogP contribution in [0.5, 0.6) is 0 Å². The van der Waals surface area contributed by atoms with E-state index in [-0.39, 0.29) is 11.9 Å². The van der Waals surface area contributed by atoms with Crippen molar-refractivity contribution in [1.82, 2.24) is 0 Å². The van der Waals surface area contributed by atoms with Gasteiger partial charge in [-0.15, -0.1) is 0 Å². The van der Waals surface area contributed by atoms with Crippen LogP contribution in [0.3, 0.4) is 0 Å². The number of nitrogens with one attached hydrogen (secondary N) is 1. The number of rotatable bonds is 13. The van der Waals surface area contributed by atoms with Crippen LogP contribution in [-0.4, -0.2) is 29.7 Å². The molecule has 0 aliphatic rings. The Labute approximate surface area is 179 Å². The maximum Gasteiger partial charge on any atom is 0.306 e. The maximum absolute atomic E-state index is 11.9. The Kier molecular flexibility index (Phi) is 11.0. The largest absolute Gasteiger partial charge is 0.461 e. The van der Waals surface area contributed by atoms with Crippen molar-refractivity contribution in [2.75, 3.05) is 16.8 Å². The van der Waals surface area contributed by atoms with Gasteiger partial charge < -0.3 is 14.8 Å². The van der Waals surface area contributed by atoms with Crippen molar-refractivity contribution >= 4 is 45.4 Å². The number of aryl methyl sites for hydroxylation is 1. The predicted molar refractivity (Wildman–Crippen MR) is 120 cm³/mol. The Hall–Kier alpha value is -2.25. The molecule has 0 spiro atoms. The second-order valence-electron chi connectivity index (χ2n) is 6.24. The van der Waals surface area contributed by atoms with Crippen LogP contribution in [0.2, 0.25) is 0 Å². The van der Waals surface area contributed by atoms with Gasteiger partial charge in [0.05, 0.1) is 0 Å². The van der Waals surface area contributed by atoms with Crippen molar-refractivity contribution in [2.24, 2.45) is 0 Å². The summed E-state index contributed by atoms with van der Waals surface area (Å²) >= 11 is 0. The highest BCUT2D eigenvalue weighted by Gasteiger charge is 2.06. The second kappa shape index (κ2) is 13.8. The number of benzene rings is 2. The average Bonchev–Trinajstić information content (AvgIpc) is 2.75. The van der Waals surface area contributed by atoms with E-state index in [0.29, 0.717) is 38.0 Å². The fourth-order valence-corrected chi connectivity index (χ4v) is 4.33. The molecule has 2 rings (SSSR count). The van der Waals surface area contributed by atoms with Gasteiger partial charge in [-0.2, -0.15) is 0 Å². The summed E-state index contributed by atoms with van der Waals surface area (Å²) in [6.45, 7) is 0.290. The number of hydrogen-bond acceptors (Lipinski definition) is 6. The number of carbonyl (C=O) groups excluding carboxylic acids is 3. The Morgan fingerprint density at radius 3 is 2.34 bits per heavy atom. The Morgan fingerprint density at radius 1 is 0.897 bits per heavy atom. The summed E-state index contributed by atoms with van der Waals surface area (Å²) in [4.78, 5) is 34.0. The van der Waals surface area contributed by atoms with Gasteiger partial charge in [0.25, 0.3) is 0 Å². The van der Waals surface area contributed by atoms with Crippen molar-refractivity contribution in [2.45, 2.75) is 32.3 Å². The van der Waals surface area contributed by atoms with E-state index in [1.807, 2.05) is 54.6 Å². The minimum atomic E-state index is -0.227. The number of esters is 1. The lowest BCUT2D eigenvalue weighted by molar-refractivity contribution is -0.144. The first kappa shape index (κ1) is 23.0. The van der Waals surface area contributed by atoms with Crippen LogP contribution in [0.1, 0.15) is 30.4 Å². The number of anilines is 1. The van der Waals surface area contributed by atoms with E-state index >= 15 is 0 Å². The van der Waals surface area contributed by atoms with Crippen LogP contribution < -0.4 is 5.32 Å². The topological polar surface area (TPSA) is 72.5 Å². The Balaban J connectivity index is 1.62. The van der Waals surface area contributed by atoms with Gasteiger partial charge in [-0.3, -0.25) is 9.59 Å². The standard InChI is InChI=1S/C22H25NO4S2/c24-14-4-15-28-29-16-13-21(25)23-20-10-7-18(8-11-20)9-12-22(26)27-17-19-5-2-1-3-6-19/h1-3,5-8,10-11,14H,4,9,12-13,15-17H2,(H,23,25). The molecule has 154 valence electrons. The number of carbonyl (C=O) groups is 3. The van der Waals surface area contributed by atoms with Gasteiger partial charge in [-0.25, -0.2) is 0 Å². The molecule has 0 saturated heterocycles. The van der Waals surface area contributed by atoms with E-state index in [2.05, 4.69) is 5.32 Å². The van der Waals surface area contributed by atoms with E-state index in [1.54, 1.807) is 21.6 Å². The van der Waals surface area contributed by atoms with Gasteiger partial charge in [0.15, 0.2) is 0 Å². The number of aldehydes is 1. The first-order valence-electron chi connectivity index (χ1n) is 9.44. The third-order valence-electron chi connectivity index (χ3n) is 3.91. The molecule has 7 heteroatoms. The van der Waals surface area contributed by atoms with Crippen LogP contribution in [0, 0.1) is 0 Å². The highest BCUT2D eigenvalue weighted by Crippen LogP contribution is 2.22. The predicted octanol–water partition coefficient (Wildman–Crippen LogP) is 4.66. The molecule has 0 atom stereocenters. The lowest BCUT2D eigenvalue weighted by atomic mass is 10.1. The molecule has 0 aliphatic heterocycles. The van der Waals surface area contributed by atoms with E-state index in [9.17, 15) is 14.4 Å². The second-order valence-corrected chi connectivity index (χ2v) is 8.94. The summed E-state index contributed by atoms with van der Waals surface area (Å²) in [5, 5.41) is 2.87. The molecule has 0 aliphatic carbocycles. The maximum atomic E-state index is 11.9. The zero-order valence-electron chi connectivity index (χ0n) is 16.2. The quantitative estimate of drug-likeness (QED) is 0.215. The summed E-state index contributed by atoms with van der Waals surface area (Å²) < 4.78 is 5.28. The van der Waals surface area contributed by atoms with Crippen LogP contribution in [0.15, 0.2) is 54.6 Å². The van der Waals surface area contributed by atoms with Crippen molar-refractivity contribution in [3.63, 3.8) is 0 Å². The van der Waals surface area contributed by atoms with E-state index in [4.69, 9.17) is 4.74 Å². The Morgan fingerprint density at radius 2 is 1.62 bits per heavy atom. The van der Waals surface area contributed by atoms with Gasteiger partial charge in [0.2, 0.25) is 5.91 Å². The molecule has 0 heterocycles. The van der Waals surface area contributed by atoms with Crippen LogP contribution in [0.25, 0.3) is 0 Å². The van der Waals surface area contributed by atoms with Gasteiger partial charge >= 0.3 is 5.97 Å². The average molecular weight is 432 g/mol. The van der Waals surface area contributed by atoms with Crippen LogP contribution in [-0.2, 0) is 32.1 Å². The van der Waals surface area contributed by atoms with Gasteiger partial charge in [0, 0.05) is 36.5 Å². The van der Waals surface area contributed by atoms with Crippen molar-refractivity contribution in [3.8, 4) is 0 Å². The molecule has 0 aromatic heterocycles. The summed E-state index contributed by atoms with van der Waals surface area (Å²) in [6.07, 6.45) is 2.78. The molecule has 29 heavy (non-hydrogen) atoms. The van der Waals surface area contributed by atoms with Crippen molar-refractivity contribution < 1.29 is 19.1 Å². The van der Waals surface area contributed by atoms with Gasteiger partial charge in [0.1, 0.15) is 12.9 Å². The summed E-state index contributed by atoms with van der Waals surface area (Å²) in [5.41, 5.74) is 2.73. The summed E-state index contributed by atoms with van der Waals surface area (Å²) in [5.74, 6) is 1.22. The highest BCUT2D eigenvalue weighted by atomic mass is 33.1. The van der Waals surface area contributed by atoms with E-state index in [1.165, 1.54) is 0 Å². The molecular weight excluding hydrogens is 406 g/mol. The molecular formula is C22H25NO4S2. The molecule has 0 bridgehead atoms. The lowest BCUT2D eigenvalue weighted by Gasteiger charge is -2.07. The third kappa shape index (κ3) is 10.2.